The van der Waals surface area contributed by atoms with E-state index >= 15 is 0 Å². The van der Waals surface area contributed by atoms with Crippen LogP contribution in [0.15, 0.2) is 66.9 Å². The second kappa shape index (κ2) is 8.64. The van der Waals surface area contributed by atoms with Crippen molar-refractivity contribution in [2.75, 3.05) is 5.32 Å². The number of aryl methyl sites for hydroxylation is 1. The number of anilines is 1. The zero-order chi connectivity index (χ0) is 19.2. The minimum Gasteiger partial charge on any atom is -0.314 e. The van der Waals surface area contributed by atoms with Crippen LogP contribution >= 0.6 is 11.6 Å². The smallest absolute Gasteiger partial charge is 0.314 e. The fourth-order valence-corrected chi connectivity index (χ4v) is 2.92. The molecule has 4 nitrogen and oxygen atoms in total. The van der Waals surface area contributed by atoms with Gasteiger partial charge in [0.25, 0.3) is 0 Å². The summed E-state index contributed by atoms with van der Waals surface area (Å²) in [6.07, 6.45) is 1.69. The van der Waals surface area contributed by atoms with Crippen LogP contribution in [0.5, 0.6) is 0 Å². The van der Waals surface area contributed by atoms with E-state index in [0.29, 0.717) is 18.8 Å². The van der Waals surface area contributed by atoms with Crippen molar-refractivity contribution in [3.8, 4) is 0 Å². The van der Waals surface area contributed by atoms with E-state index in [-0.39, 0.29) is 11.1 Å². The third-order valence-electron chi connectivity index (χ3n) is 3.99. The first-order valence-corrected chi connectivity index (χ1v) is 8.85. The number of benzene rings is 2. The van der Waals surface area contributed by atoms with Gasteiger partial charge in [-0.3, -0.25) is 4.98 Å². The van der Waals surface area contributed by atoms with Crippen molar-refractivity contribution in [2.45, 2.75) is 20.0 Å². The normalized spacial score (nSPS) is 10.5. The second-order valence-corrected chi connectivity index (χ2v) is 6.63. The average molecular weight is 384 g/mol. The van der Waals surface area contributed by atoms with Crippen molar-refractivity contribution in [1.29, 1.82) is 0 Å². The van der Waals surface area contributed by atoms with Gasteiger partial charge in [-0.2, -0.15) is 0 Å². The molecule has 1 heterocycles. The molecule has 27 heavy (non-hydrogen) atoms. The number of carbonyl (C=O) groups excluding carboxylic acids is 1. The van der Waals surface area contributed by atoms with Crippen LogP contribution in [0.4, 0.5) is 14.9 Å². The van der Waals surface area contributed by atoms with E-state index in [1.54, 1.807) is 11.1 Å². The average Bonchev–Trinajstić information content (AvgIpc) is 2.64. The fraction of sp³-hybridized carbons (Fsp3) is 0.143. The molecule has 6 heteroatoms. The number of carbonyl (C=O) groups is 1. The molecule has 0 radical (unpaired) electrons. The predicted molar refractivity (Wildman–Crippen MR) is 105 cm³/mol. The quantitative estimate of drug-likeness (QED) is 0.639. The van der Waals surface area contributed by atoms with Crippen molar-refractivity contribution in [3.05, 3.63) is 94.5 Å². The maximum absolute atomic E-state index is 13.2. The Hall–Kier alpha value is -2.92. The monoisotopic (exact) mass is 383 g/mol. The number of halogens is 2. The first-order valence-electron chi connectivity index (χ1n) is 8.48. The molecule has 0 spiro atoms. The highest BCUT2D eigenvalue weighted by Gasteiger charge is 2.17. The van der Waals surface area contributed by atoms with Crippen LogP contribution in [0.25, 0.3) is 0 Å². The first-order chi connectivity index (χ1) is 13.0. The van der Waals surface area contributed by atoms with Gasteiger partial charge >= 0.3 is 6.03 Å². The minimum atomic E-state index is -0.455. The molecule has 0 aliphatic carbocycles. The molecule has 0 fully saturated rings. The molecule has 1 N–H and O–H groups in total. The molecule has 2 amide bonds. The molecule has 0 unspecified atom stereocenters. The van der Waals surface area contributed by atoms with Gasteiger partial charge in [0.05, 0.1) is 22.9 Å². The van der Waals surface area contributed by atoms with Gasteiger partial charge in [-0.1, -0.05) is 47.5 Å². The van der Waals surface area contributed by atoms with Gasteiger partial charge in [-0.25, -0.2) is 9.18 Å². The van der Waals surface area contributed by atoms with Crippen LogP contribution in [-0.2, 0) is 13.1 Å². The van der Waals surface area contributed by atoms with E-state index in [1.165, 1.54) is 18.2 Å². The highest BCUT2D eigenvalue weighted by Crippen LogP contribution is 2.23. The SMILES string of the molecule is Cc1cccc(CN(Cc2ccccn2)C(=O)Nc2ccc(F)cc2Cl)c1. The number of nitrogens with zero attached hydrogens (tertiary/aromatic N) is 2. The lowest BCUT2D eigenvalue weighted by Gasteiger charge is -2.23. The Balaban J connectivity index is 1.82. The molecule has 0 saturated heterocycles. The number of pyridine rings is 1. The number of hydrogen-bond acceptors (Lipinski definition) is 2. The van der Waals surface area contributed by atoms with Crippen molar-refractivity contribution in [2.24, 2.45) is 0 Å². The molecule has 0 aliphatic rings. The van der Waals surface area contributed by atoms with E-state index in [4.69, 9.17) is 11.6 Å². The van der Waals surface area contributed by atoms with E-state index in [1.807, 2.05) is 49.4 Å². The Morgan fingerprint density at radius 1 is 1.11 bits per heavy atom. The van der Waals surface area contributed by atoms with E-state index in [0.717, 1.165) is 16.8 Å². The van der Waals surface area contributed by atoms with E-state index in [9.17, 15) is 9.18 Å². The summed E-state index contributed by atoms with van der Waals surface area (Å²) in [6, 6.07) is 17.1. The zero-order valence-corrected chi connectivity index (χ0v) is 15.6. The number of nitrogens with one attached hydrogen (secondary N) is 1. The van der Waals surface area contributed by atoms with Crippen molar-refractivity contribution in [3.63, 3.8) is 0 Å². The van der Waals surface area contributed by atoms with Crippen LogP contribution in [0.2, 0.25) is 5.02 Å². The van der Waals surface area contributed by atoms with Crippen molar-refractivity contribution >= 4 is 23.3 Å². The lowest BCUT2D eigenvalue weighted by atomic mass is 10.1. The summed E-state index contributed by atoms with van der Waals surface area (Å²) in [4.78, 5) is 18.8. The minimum absolute atomic E-state index is 0.150. The molecule has 0 saturated carbocycles. The lowest BCUT2D eigenvalue weighted by Crippen LogP contribution is -2.34. The second-order valence-electron chi connectivity index (χ2n) is 6.22. The third-order valence-corrected chi connectivity index (χ3v) is 4.31. The largest absolute Gasteiger partial charge is 0.322 e. The van der Waals surface area contributed by atoms with Crippen LogP contribution < -0.4 is 5.32 Å². The van der Waals surface area contributed by atoms with Crippen LogP contribution in [0.1, 0.15) is 16.8 Å². The Morgan fingerprint density at radius 3 is 2.67 bits per heavy atom. The Morgan fingerprint density at radius 2 is 1.96 bits per heavy atom. The third kappa shape index (κ3) is 5.28. The molecule has 138 valence electrons. The highest BCUT2D eigenvalue weighted by atomic mass is 35.5. The summed E-state index contributed by atoms with van der Waals surface area (Å²) in [5, 5.41) is 2.90. The molecule has 1 aromatic heterocycles. The summed E-state index contributed by atoms with van der Waals surface area (Å²) in [6.45, 7) is 2.74. The number of rotatable bonds is 5. The summed E-state index contributed by atoms with van der Waals surface area (Å²) in [7, 11) is 0. The summed E-state index contributed by atoms with van der Waals surface area (Å²) in [5.41, 5.74) is 3.25. The fourth-order valence-electron chi connectivity index (χ4n) is 2.70. The Bertz CT molecular complexity index is 934. The maximum Gasteiger partial charge on any atom is 0.322 e. The molecular weight excluding hydrogens is 365 g/mol. The van der Waals surface area contributed by atoms with Gasteiger partial charge in [0, 0.05) is 12.7 Å². The van der Waals surface area contributed by atoms with Crippen LogP contribution in [-0.4, -0.2) is 15.9 Å². The van der Waals surface area contributed by atoms with Gasteiger partial charge in [0.15, 0.2) is 0 Å². The standard InChI is InChI=1S/C21H19ClFN3O/c1-15-5-4-6-16(11-15)13-26(14-18-7-2-3-10-24-18)21(27)25-20-9-8-17(23)12-19(20)22/h2-12H,13-14H2,1H3,(H,25,27). The lowest BCUT2D eigenvalue weighted by molar-refractivity contribution is 0.205. The molecule has 0 bridgehead atoms. The number of hydrogen-bond donors (Lipinski definition) is 1. The Kier molecular flexibility index (Phi) is 6.04. The van der Waals surface area contributed by atoms with Gasteiger partial charge in [-0.05, 0) is 42.8 Å². The van der Waals surface area contributed by atoms with Crippen LogP contribution in [0.3, 0.4) is 0 Å². The zero-order valence-electron chi connectivity index (χ0n) is 14.8. The number of aromatic nitrogens is 1. The summed E-state index contributed by atoms with van der Waals surface area (Å²) in [5.74, 6) is -0.455. The Labute approximate surface area is 162 Å². The molecular formula is C21H19ClFN3O. The predicted octanol–water partition coefficient (Wildman–Crippen LogP) is 5.42. The van der Waals surface area contributed by atoms with Gasteiger partial charge in [0.2, 0.25) is 0 Å². The van der Waals surface area contributed by atoms with E-state index < -0.39 is 5.82 Å². The van der Waals surface area contributed by atoms with E-state index in [2.05, 4.69) is 10.3 Å². The summed E-state index contributed by atoms with van der Waals surface area (Å²) < 4.78 is 13.2. The molecule has 0 atom stereocenters. The molecule has 0 aliphatic heterocycles. The highest BCUT2D eigenvalue weighted by molar-refractivity contribution is 6.33. The summed E-state index contributed by atoms with van der Waals surface area (Å²) >= 11 is 6.03. The van der Waals surface area contributed by atoms with Crippen molar-refractivity contribution < 1.29 is 9.18 Å². The van der Waals surface area contributed by atoms with Gasteiger partial charge in [0.1, 0.15) is 5.82 Å². The molecule has 2 aromatic carbocycles. The number of amides is 2. The molecule has 3 rings (SSSR count). The van der Waals surface area contributed by atoms with Crippen LogP contribution in [0, 0.1) is 12.7 Å². The maximum atomic E-state index is 13.2. The first kappa shape index (κ1) is 18.9. The topological polar surface area (TPSA) is 45.2 Å². The van der Waals surface area contributed by atoms with Gasteiger partial charge < -0.3 is 10.2 Å². The molecule has 3 aromatic rings. The van der Waals surface area contributed by atoms with Gasteiger partial charge in [-0.15, -0.1) is 0 Å². The number of urea groups is 1. The van der Waals surface area contributed by atoms with Crippen molar-refractivity contribution in [1.82, 2.24) is 9.88 Å².